The van der Waals surface area contributed by atoms with Crippen LogP contribution >= 0.6 is 0 Å². The molecule has 2 heterocycles. The van der Waals surface area contributed by atoms with Gasteiger partial charge in [0.05, 0.1) is 16.7 Å². The maximum Gasteiger partial charge on any atom is 0.220 e. The normalized spacial score (nSPS) is 18.2. The number of anilines is 1. The zero-order valence-corrected chi connectivity index (χ0v) is 13.9. The molecule has 1 unspecified atom stereocenters. The summed E-state index contributed by atoms with van der Waals surface area (Å²) in [5.41, 5.74) is 2.80. The summed E-state index contributed by atoms with van der Waals surface area (Å²) in [7, 11) is 0. The smallest absolute Gasteiger partial charge is 0.220 e. The van der Waals surface area contributed by atoms with Crippen LogP contribution in [-0.2, 0) is 4.79 Å². The highest BCUT2D eigenvalue weighted by Gasteiger charge is 2.23. The van der Waals surface area contributed by atoms with Crippen molar-refractivity contribution in [2.45, 2.75) is 45.6 Å². The summed E-state index contributed by atoms with van der Waals surface area (Å²) >= 11 is 0. The van der Waals surface area contributed by atoms with Gasteiger partial charge in [0.1, 0.15) is 0 Å². The molecule has 0 radical (unpaired) electrons. The van der Waals surface area contributed by atoms with Gasteiger partial charge in [-0.15, -0.1) is 0 Å². The van der Waals surface area contributed by atoms with E-state index >= 15 is 0 Å². The summed E-state index contributed by atoms with van der Waals surface area (Å²) in [6, 6.07) is 8.16. The van der Waals surface area contributed by atoms with Crippen LogP contribution in [-0.4, -0.2) is 35.0 Å². The lowest BCUT2D eigenvalue weighted by molar-refractivity contribution is -0.121. The van der Waals surface area contributed by atoms with Gasteiger partial charge in [0.15, 0.2) is 5.82 Å². The molecule has 1 aromatic heterocycles. The summed E-state index contributed by atoms with van der Waals surface area (Å²) in [6.07, 6.45) is 3.58. The van der Waals surface area contributed by atoms with Gasteiger partial charge in [0.25, 0.3) is 0 Å². The Morgan fingerprint density at radius 3 is 2.78 bits per heavy atom. The molecule has 5 heteroatoms. The van der Waals surface area contributed by atoms with Crippen molar-refractivity contribution in [2.24, 2.45) is 0 Å². The topological polar surface area (TPSA) is 58.1 Å². The number of hydrogen-bond acceptors (Lipinski definition) is 4. The second kappa shape index (κ2) is 6.94. The van der Waals surface area contributed by atoms with Crippen molar-refractivity contribution in [3.05, 3.63) is 30.0 Å². The molecule has 1 amide bonds. The highest BCUT2D eigenvalue weighted by molar-refractivity contribution is 5.77. The van der Waals surface area contributed by atoms with Gasteiger partial charge in [-0.05, 0) is 38.3 Å². The minimum Gasteiger partial charge on any atom is -0.353 e. The fourth-order valence-corrected chi connectivity index (χ4v) is 3.19. The first-order valence-electron chi connectivity index (χ1n) is 8.45. The lowest BCUT2D eigenvalue weighted by Gasteiger charge is -2.34. The molecule has 1 N–H and O–H groups in total. The molecule has 23 heavy (non-hydrogen) atoms. The number of carbonyl (C=O) groups excluding carboxylic acids is 1. The molecule has 0 saturated carbocycles. The quantitative estimate of drug-likeness (QED) is 0.943. The number of hydrogen-bond donors (Lipinski definition) is 1. The first-order chi connectivity index (χ1) is 11.2. The standard InChI is InChI=1S/C18H24N4O/c1-3-7-17(23)20-14-8-6-11-22(12-14)18-13(2)19-15-9-4-5-10-16(15)21-18/h4-5,9-10,14H,3,6-8,11-12H2,1-2H3,(H,20,23). The van der Waals surface area contributed by atoms with Crippen LogP contribution in [0.3, 0.4) is 0 Å². The molecule has 0 bridgehead atoms. The first kappa shape index (κ1) is 15.7. The Hall–Kier alpha value is -2.17. The molecule has 122 valence electrons. The first-order valence-corrected chi connectivity index (χ1v) is 8.45. The van der Waals surface area contributed by atoms with E-state index in [2.05, 4.69) is 15.2 Å². The number of piperidine rings is 1. The minimum absolute atomic E-state index is 0.153. The molecule has 2 aromatic rings. The van der Waals surface area contributed by atoms with Crippen molar-refractivity contribution < 1.29 is 4.79 Å². The van der Waals surface area contributed by atoms with E-state index in [4.69, 9.17) is 4.98 Å². The molecule has 1 saturated heterocycles. The molecule has 1 aliphatic rings. The SMILES string of the molecule is CCCC(=O)NC1CCCN(c2nc3ccccc3nc2C)C1. The van der Waals surface area contributed by atoms with Crippen LogP contribution < -0.4 is 10.2 Å². The van der Waals surface area contributed by atoms with Crippen LogP contribution in [0.5, 0.6) is 0 Å². The molecule has 3 rings (SSSR count). The van der Waals surface area contributed by atoms with E-state index in [1.54, 1.807) is 0 Å². The Morgan fingerprint density at radius 1 is 1.30 bits per heavy atom. The third kappa shape index (κ3) is 3.60. The molecule has 1 fully saturated rings. The van der Waals surface area contributed by atoms with E-state index in [9.17, 15) is 4.79 Å². The fourth-order valence-electron chi connectivity index (χ4n) is 3.19. The fraction of sp³-hybridized carbons (Fsp3) is 0.500. The lowest BCUT2D eigenvalue weighted by Crippen LogP contribution is -2.48. The van der Waals surface area contributed by atoms with Crippen LogP contribution in [0.4, 0.5) is 5.82 Å². The predicted octanol–water partition coefficient (Wildman–Crippen LogP) is 2.82. The van der Waals surface area contributed by atoms with Crippen molar-refractivity contribution in [2.75, 3.05) is 18.0 Å². The highest BCUT2D eigenvalue weighted by atomic mass is 16.1. The summed E-state index contributed by atoms with van der Waals surface area (Å²) in [4.78, 5) is 23.6. The number of aromatic nitrogens is 2. The molecular formula is C18H24N4O. The van der Waals surface area contributed by atoms with Crippen LogP contribution in [0.15, 0.2) is 24.3 Å². The number of aryl methyl sites for hydroxylation is 1. The Balaban J connectivity index is 1.78. The van der Waals surface area contributed by atoms with E-state index in [0.717, 1.165) is 54.9 Å². The van der Waals surface area contributed by atoms with E-state index in [-0.39, 0.29) is 11.9 Å². The van der Waals surface area contributed by atoms with Crippen LogP contribution in [0, 0.1) is 6.92 Å². The van der Waals surface area contributed by atoms with Gasteiger partial charge in [-0.2, -0.15) is 0 Å². The molecule has 1 aromatic carbocycles. The van der Waals surface area contributed by atoms with Crippen LogP contribution in [0.2, 0.25) is 0 Å². The third-order valence-corrected chi connectivity index (χ3v) is 4.28. The maximum atomic E-state index is 11.8. The second-order valence-electron chi connectivity index (χ2n) is 6.22. The van der Waals surface area contributed by atoms with Gasteiger partial charge in [-0.25, -0.2) is 9.97 Å². The van der Waals surface area contributed by atoms with Crippen molar-refractivity contribution in [3.63, 3.8) is 0 Å². The predicted molar refractivity (Wildman–Crippen MR) is 92.6 cm³/mol. The van der Waals surface area contributed by atoms with Gasteiger partial charge in [-0.1, -0.05) is 19.1 Å². The Morgan fingerprint density at radius 2 is 2.04 bits per heavy atom. The number of para-hydroxylation sites is 2. The van der Waals surface area contributed by atoms with Crippen LogP contribution in [0.25, 0.3) is 11.0 Å². The zero-order valence-electron chi connectivity index (χ0n) is 13.9. The Bertz CT molecular complexity index is 700. The van der Waals surface area contributed by atoms with Gasteiger partial charge in [0, 0.05) is 25.6 Å². The number of carbonyl (C=O) groups is 1. The lowest BCUT2D eigenvalue weighted by atomic mass is 10.1. The zero-order chi connectivity index (χ0) is 16.2. The molecular weight excluding hydrogens is 288 g/mol. The summed E-state index contributed by atoms with van der Waals surface area (Å²) in [5, 5.41) is 3.15. The van der Waals surface area contributed by atoms with E-state index in [1.165, 1.54) is 0 Å². The number of fused-ring (bicyclic) bond motifs is 1. The second-order valence-corrected chi connectivity index (χ2v) is 6.22. The summed E-state index contributed by atoms with van der Waals surface area (Å²) in [6.45, 7) is 5.81. The number of rotatable bonds is 4. The number of benzene rings is 1. The van der Waals surface area contributed by atoms with Gasteiger partial charge < -0.3 is 10.2 Å². The van der Waals surface area contributed by atoms with E-state index in [1.807, 2.05) is 38.1 Å². The summed E-state index contributed by atoms with van der Waals surface area (Å²) < 4.78 is 0. The van der Waals surface area contributed by atoms with Gasteiger partial charge >= 0.3 is 0 Å². The summed E-state index contributed by atoms with van der Waals surface area (Å²) in [5.74, 6) is 1.10. The molecule has 0 spiro atoms. The highest BCUT2D eigenvalue weighted by Crippen LogP contribution is 2.23. The number of nitrogens with zero attached hydrogens (tertiary/aromatic N) is 3. The van der Waals surface area contributed by atoms with Crippen molar-refractivity contribution in [1.29, 1.82) is 0 Å². The average Bonchev–Trinajstić information content (AvgIpc) is 2.54. The van der Waals surface area contributed by atoms with E-state index < -0.39 is 0 Å². The Labute approximate surface area is 137 Å². The molecule has 0 aliphatic carbocycles. The molecule has 5 nitrogen and oxygen atoms in total. The van der Waals surface area contributed by atoms with E-state index in [0.29, 0.717) is 6.42 Å². The van der Waals surface area contributed by atoms with Crippen molar-refractivity contribution in [1.82, 2.24) is 15.3 Å². The molecule has 1 aliphatic heterocycles. The average molecular weight is 312 g/mol. The van der Waals surface area contributed by atoms with Gasteiger partial charge in [-0.3, -0.25) is 4.79 Å². The Kier molecular flexibility index (Phi) is 4.74. The number of amides is 1. The van der Waals surface area contributed by atoms with Crippen molar-refractivity contribution in [3.8, 4) is 0 Å². The maximum absolute atomic E-state index is 11.8. The number of nitrogens with one attached hydrogen (secondary N) is 1. The molecule has 1 atom stereocenters. The van der Waals surface area contributed by atoms with Crippen molar-refractivity contribution >= 4 is 22.8 Å². The minimum atomic E-state index is 0.153. The third-order valence-electron chi connectivity index (χ3n) is 4.28. The van der Waals surface area contributed by atoms with Crippen LogP contribution in [0.1, 0.15) is 38.3 Å². The monoisotopic (exact) mass is 312 g/mol. The largest absolute Gasteiger partial charge is 0.353 e. The van der Waals surface area contributed by atoms with Gasteiger partial charge in [0.2, 0.25) is 5.91 Å².